The molecule has 0 saturated carbocycles. The minimum atomic E-state index is -4.66. The number of hydrogen-bond acceptors (Lipinski definition) is 7. The van der Waals surface area contributed by atoms with Gasteiger partial charge in [-0.2, -0.15) is 0 Å². The average molecular weight is 461 g/mol. The molecular formula is C17H34Na2O7S2. The number of hydrogen-bond donors (Lipinski definition) is 0. The zero-order valence-corrected chi connectivity index (χ0v) is 23.7. The fourth-order valence-corrected chi connectivity index (χ4v) is 4.35. The van der Waals surface area contributed by atoms with Crippen LogP contribution in [0.4, 0.5) is 0 Å². The predicted molar refractivity (Wildman–Crippen MR) is 99.9 cm³/mol. The van der Waals surface area contributed by atoms with Crippen molar-refractivity contribution < 1.29 is 89.8 Å². The van der Waals surface area contributed by atoms with Gasteiger partial charge in [0, 0.05) is 0 Å². The van der Waals surface area contributed by atoms with Crippen LogP contribution >= 0.6 is 0 Å². The van der Waals surface area contributed by atoms with Crippen molar-refractivity contribution in [3.8, 4) is 0 Å². The molecule has 0 fully saturated rings. The Labute approximate surface area is 216 Å². The van der Waals surface area contributed by atoms with Crippen LogP contribution in [0.15, 0.2) is 0 Å². The molecule has 11 heteroatoms. The number of rotatable bonds is 17. The molecule has 0 saturated heterocycles. The van der Waals surface area contributed by atoms with Crippen LogP contribution in [0.25, 0.3) is 0 Å². The summed E-state index contributed by atoms with van der Waals surface area (Å²) in [5.74, 6) is -2.01. The van der Waals surface area contributed by atoms with Crippen LogP contribution < -0.4 is 59.1 Å². The number of unbranched alkanes of at least 4 members (excludes halogenated alkanes) is 9. The first-order valence-corrected chi connectivity index (χ1v) is 12.7. The molecule has 0 aromatic rings. The Bertz CT molecular complexity index is 520. The van der Waals surface area contributed by atoms with Crippen molar-refractivity contribution in [2.45, 2.75) is 96.7 Å². The van der Waals surface area contributed by atoms with Crippen LogP contribution in [-0.2, 0) is 25.0 Å². The van der Waals surface area contributed by atoms with Gasteiger partial charge in [-0.15, -0.1) is 0 Å². The first-order valence-electron chi connectivity index (χ1n) is 9.56. The molecule has 0 aromatic carbocycles. The van der Waals surface area contributed by atoms with Crippen molar-refractivity contribution in [2.75, 3.05) is 11.5 Å². The third-order valence-electron chi connectivity index (χ3n) is 4.17. The third kappa shape index (κ3) is 25.8. The zero-order valence-electron chi connectivity index (χ0n) is 18.0. The molecule has 7 nitrogen and oxygen atoms in total. The van der Waals surface area contributed by atoms with Gasteiger partial charge in [0.15, 0.2) is 0 Å². The summed E-state index contributed by atoms with van der Waals surface area (Å²) in [6.45, 7) is 3.89. The second kappa shape index (κ2) is 19.5. The maximum absolute atomic E-state index is 10.8. The molecule has 0 radical (unpaired) electrons. The molecule has 0 aromatic heterocycles. The molecule has 0 bridgehead atoms. The summed E-state index contributed by atoms with van der Waals surface area (Å²) in [7, 11) is -9.33. The Hall–Kier alpha value is 1.78. The van der Waals surface area contributed by atoms with E-state index in [0.29, 0.717) is 6.42 Å². The molecule has 0 rings (SSSR count). The minimum Gasteiger partial charge on any atom is -0.748 e. The minimum absolute atomic E-state index is 0. The molecule has 0 spiro atoms. The van der Waals surface area contributed by atoms with Gasteiger partial charge in [-0.05, 0) is 13.3 Å². The Morgan fingerprint density at radius 3 is 1.43 bits per heavy atom. The van der Waals surface area contributed by atoms with Gasteiger partial charge in [0.1, 0.15) is 0 Å². The van der Waals surface area contributed by atoms with Crippen LogP contribution in [0.5, 0.6) is 0 Å². The van der Waals surface area contributed by atoms with Crippen molar-refractivity contribution in [2.24, 2.45) is 0 Å². The third-order valence-corrected chi connectivity index (χ3v) is 5.73. The van der Waals surface area contributed by atoms with E-state index in [2.05, 4.69) is 6.92 Å². The largest absolute Gasteiger partial charge is 1.00 e. The fourth-order valence-electron chi connectivity index (χ4n) is 2.90. The topological polar surface area (TPSA) is 124 Å². The van der Waals surface area contributed by atoms with E-state index >= 15 is 0 Å². The van der Waals surface area contributed by atoms with E-state index in [1.807, 2.05) is 0 Å². The van der Waals surface area contributed by atoms with Gasteiger partial charge in [-0.1, -0.05) is 71.1 Å². The SMILES string of the molecule is CCCCCCCCCCCCC(C)OC(CS(=O)(=O)[O-])CS(=O)(=O)[O-].[Na+].[Na+]. The number of ether oxygens (including phenoxy) is 1. The molecular weight excluding hydrogens is 426 g/mol. The first kappa shape index (κ1) is 34.4. The van der Waals surface area contributed by atoms with Gasteiger partial charge in [0.05, 0.1) is 43.9 Å². The normalized spacial score (nSPS) is 13.0. The van der Waals surface area contributed by atoms with E-state index in [0.717, 1.165) is 19.3 Å². The van der Waals surface area contributed by atoms with E-state index in [4.69, 9.17) is 4.74 Å². The van der Waals surface area contributed by atoms with E-state index in [1.54, 1.807) is 6.92 Å². The van der Waals surface area contributed by atoms with Crippen LogP contribution in [0.1, 0.15) is 84.5 Å². The molecule has 158 valence electrons. The van der Waals surface area contributed by atoms with E-state index < -0.39 is 43.9 Å². The summed E-state index contributed by atoms with van der Waals surface area (Å²) >= 11 is 0. The van der Waals surface area contributed by atoms with Crippen LogP contribution in [0, 0.1) is 0 Å². The monoisotopic (exact) mass is 460 g/mol. The zero-order chi connectivity index (χ0) is 20.1. The molecule has 0 heterocycles. The average Bonchev–Trinajstić information content (AvgIpc) is 2.45. The van der Waals surface area contributed by atoms with Gasteiger partial charge >= 0.3 is 59.1 Å². The molecule has 0 aliphatic heterocycles. The summed E-state index contributed by atoms with van der Waals surface area (Å²) < 4.78 is 70.2. The Morgan fingerprint density at radius 2 is 1.07 bits per heavy atom. The maximum atomic E-state index is 10.8. The Morgan fingerprint density at radius 1 is 0.714 bits per heavy atom. The molecule has 0 N–H and O–H groups in total. The van der Waals surface area contributed by atoms with Crippen LogP contribution in [0.2, 0.25) is 0 Å². The van der Waals surface area contributed by atoms with Crippen molar-refractivity contribution >= 4 is 20.2 Å². The summed E-state index contributed by atoms with van der Waals surface area (Å²) in [6.07, 6.45) is 10.7. The standard InChI is InChI=1S/C17H36O7S2.2Na/c1-3-4-5-6-7-8-9-10-11-12-13-16(2)24-17(14-25(18,19)20)15-26(21,22)23;;/h16-17H,3-15H2,1-2H3,(H,18,19,20)(H,21,22,23);;/q;2*+1/p-2. The van der Waals surface area contributed by atoms with E-state index in [-0.39, 0.29) is 59.1 Å². The van der Waals surface area contributed by atoms with Gasteiger partial charge < -0.3 is 13.8 Å². The van der Waals surface area contributed by atoms with Crippen molar-refractivity contribution in [1.82, 2.24) is 0 Å². The summed E-state index contributed by atoms with van der Waals surface area (Å²) in [4.78, 5) is 0. The van der Waals surface area contributed by atoms with Crippen molar-refractivity contribution in [3.05, 3.63) is 0 Å². The quantitative estimate of drug-likeness (QED) is 0.130. The molecule has 0 amide bonds. The summed E-state index contributed by atoms with van der Waals surface area (Å²) in [5.41, 5.74) is 0. The van der Waals surface area contributed by atoms with Gasteiger partial charge in [-0.3, -0.25) is 0 Å². The van der Waals surface area contributed by atoms with E-state index in [1.165, 1.54) is 44.9 Å². The van der Waals surface area contributed by atoms with E-state index in [9.17, 15) is 25.9 Å². The molecule has 1 atom stereocenters. The van der Waals surface area contributed by atoms with Crippen LogP contribution in [0.3, 0.4) is 0 Å². The van der Waals surface area contributed by atoms with Gasteiger partial charge in [0.2, 0.25) is 0 Å². The predicted octanol–water partition coefficient (Wildman–Crippen LogP) is -2.83. The second-order valence-corrected chi connectivity index (χ2v) is 9.89. The van der Waals surface area contributed by atoms with Crippen molar-refractivity contribution in [1.29, 1.82) is 0 Å². The van der Waals surface area contributed by atoms with Gasteiger partial charge in [0.25, 0.3) is 0 Å². The molecule has 0 aliphatic carbocycles. The molecule has 0 aliphatic rings. The van der Waals surface area contributed by atoms with Crippen molar-refractivity contribution in [3.63, 3.8) is 0 Å². The molecule has 1 unspecified atom stereocenters. The Kier molecular flexibility index (Phi) is 23.9. The fraction of sp³-hybridized carbons (Fsp3) is 1.00. The maximum Gasteiger partial charge on any atom is 1.00 e. The Balaban J connectivity index is -0.00000312. The summed E-state index contributed by atoms with van der Waals surface area (Å²) in [5, 5.41) is 0. The second-order valence-electron chi connectivity index (χ2n) is 6.99. The first-order chi connectivity index (χ1) is 12.0. The molecule has 28 heavy (non-hydrogen) atoms. The van der Waals surface area contributed by atoms with Gasteiger partial charge in [-0.25, -0.2) is 16.8 Å². The summed E-state index contributed by atoms with van der Waals surface area (Å²) in [6, 6.07) is 0. The van der Waals surface area contributed by atoms with Crippen LogP contribution in [-0.4, -0.2) is 49.7 Å². The smallest absolute Gasteiger partial charge is 0.748 e.